The molecule has 0 aliphatic carbocycles. The van der Waals surface area contributed by atoms with E-state index in [1.807, 2.05) is 37.3 Å². The Balaban J connectivity index is 1.68. The SMILES string of the molecule is Cc1c(C(N)=O)cc(-c2ccc(-c3ccccc3)cc2)n1CCc1ccccc1. The lowest BCUT2D eigenvalue weighted by Crippen LogP contribution is -2.13. The van der Waals surface area contributed by atoms with Crippen LogP contribution in [0.3, 0.4) is 0 Å². The average Bonchev–Trinajstić information content (AvgIpc) is 3.10. The molecule has 0 unspecified atom stereocenters. The van der Waals surface area contributed by atoms with Crippen LogP contribution in [-0.4, -0.2) is 10.5 Å². The van der Waals surface area contributed by atoms with Gasteiger partial charge in [-0.05, 0) is 41.7 Å². The van der Waals surface area contributed by atoms with Crippen molar-refractivity contribution in [1.29, 1.82) is 0 Å². The van der Waals surface area contributed by atoms with Crippen molar-refractivity contribution in [2.24, 2.45) is 5.73 Å². The number of benzene rings is 3. The molecule has 0 spiro atoms. The average molecular weight is 380 g/mol. The molecule has 0 saturated carbocycles. The lowest BCUT2D eigenvalue weighted by atomic mass is 10.0. The summed E-state index contributed by atoms with van der Waals surface area (Å²) in [7, 11) is 0. The van der Waals surface area contributed by atoms with Gasteiger partial charge >= 0.3 is 0 Å². The molecule has 29 heavy (non-hydrogen) atoms. The second-order valence-corrected chi connectivity index (χ2v) is 7.22. The molecule has 144 valence electrons. The Labute approximate surface area is 171 Å². The van der Waals surface area contributed by atoms with Crippen LogP contribution in [-0.2, 0) is 13.0 Å². The van der Waals surface area contributed by atoms with Gasteiger partial charge in [-0.25, -0.2) is 0 Å². The summed E-state index contributed by atoms with van der Waals surface area (Å²) < 4.78 is 2.20. The maximum atomic E-state index is 11.9. The van der Waals surface area contributed by atoms with E-state index >= 15 is 0 Å². The summed E-state index contributed by atoms with van der Waals surface area (Å²) in [6, 6.07) is 31.1. The highest BCUT2D eigenvalue weighted by atomic mass is 16.1. The number of carbonyl (C=O) groups excluding carboxylic acids is 1. The van der Waals surface area contributed by atoms with Crippen molar-refractivity contribution in [3.63, 3.8) is 0 Å². The largest absolute Gasteiger partial charge is 0.366 e. The van der Waals surface area contributed by atoms with E-state index in [2.05, 4.69) is 65.2 Å². The van der Waals surface area contributed by atoms with E-state index in [4.69, 9.17) is 5.73 Å². The number of nitrogens with two attached hydrogens (primary N) is 1. The lowest BCUT2D eigenvalue weighted by molar-refractivity contribution is 0.0999. The molecule has 2 N–H and O–H groups in total. The monoisotopic (exact) mass is 380 g/mol. The Hall–Kier alpha value is -3.59. The zero-order chi connectivity index (χ0) is 20.2. The molecule has 4 rings (SSSR count). The lowest BCUT2D eigenvalue weighted by Gasteiger charge is -2.13. The van der Waals surface area contributed by atoms with Gasteiger partial charge in [-0.3, -0.25) is 4.79 Å². The third-order valence-electron chi connectivity index (χ3n) is 5.39. The minimum absolute atomic E-state index is 0.386. The van der Waals surface area contributed by atoms with Gasteiger partial charge in [0.2, 0.25) is 0 Å². The number of aromatic nitrogens is 1. The molecule has 0 radical (unpaired) electrons. The molecule has 1 heterocycles. The molecule has 1 amide bonds. The van der Waals surface area contributed by atoms with Crippen LogP contribution in [0.5, 0.6) is 0 Å². The molecule has 0 bridgehead atoms. The van der Waals surface area contributed by atoms with Crippen LogP contribution in [0.25, 0.3) is 22.4 Å². The third-order valence-corrected chi connectivity index (χ3v) is 5.39. The zero-order valence-electron chi connectivity index (χ0n) is 16.5. The fourth-order valence-corrected chi connectivity index (χ4v) is 3.77. The Morgan fingerprint density at radius 3 is 1.97 bits per heavy atom. The van der Waals surface area contributed by atoms with Crippen molar-refractivity contribution in [2.75, 3.05) is 0 Å². The number of primary amides is 1. The van der Waals surface area contributed by atoms with Gasteiger partial charge in [-0.1, -0.05) is 84.9 Å². The molecule has 0 saturated heterocycles. The molecule has 3 aromatic carbocycles. The molecule has 0 aliphatic rings. The minimum atomic E-state index is -0.386. The normalized spacial score (nSPS) is 10.8. The van der Waals surface area contributed by atoms with E-state index in [1.54, 1.807) is 0 Å². The highest BCUT2D eigenvalue weighted by molar-refractivity contribution is 5.95. The van der Waals surface area contributed by atoms with Gasteiger partial charge in [0.1, 0.15) is 0 Å². The van der Waals surface area contributed by atoms with E-state index in [-0.39, 0.29) is 5.91 Å². The van der Waals surface area contributed by atoms with E-state index in [1.165, 1.54) is 16.7 Å². The van der Waals surface area contributed by atoms with Crippen LogP contribution < -0.4 is 5.73 Å². The van der Waals surface area contributed by atoms with Crippen LogP contribution in [0.1, 0.15) is 21.6 Å². The van der Waals surface area contributed by atoms with E-state index in [0.717, 1.165) is 29.9 Å². The third kappa shape index (κ3) is 3.99. The predicted octanol–water partition coefficient (Wildman–Crippen LogP) is 5.47. The predicted molar refractivity (Wildman–Crippen MR) is 119 cm³/mol. The van der Waals surface area contributed by atoms with Gasteiger partial charge in [-0.2, -0.15) is 0 Å². The maximum Gasteiger partial charge on any atom is 0.250 e. The first-order valence-corrected chi connectivity index (χ1v) is 9.83. The first kappa shape index (κ1) is 18.8. The van der Waals surface area contributed by atoms with Gasteiger partial charge < -0.3 is 10.3 Å². The molecule has 3 nitrogen and oxygen atoms in total. The number of carbonyl (C=O) groups is 1. The first-order chi connectivity index (χ1) is 14.1. The van der Waals surface area contributed by atoms with E-state index in [0.29, 0.717) is 5.56 Å². The molecular weight excluding hydrogens is 356 g/mol. The van der Waals surface area contributed by atoms with Crippen LogP contribution in [0.15, 0.2) is 91.0 Å². The van der Waals surface area contributed by atoms with Gasteiger partial charge in [0.15, 0.2) is 0 Å². The molecule has 0 aliphatic heterocycles. The van der Waals surface area contributed by atoms with E-state index < -0.39 is 0 Å². The number of nitrogens with zero attached hydrogens (tertiary/aromatic N) is 1. The smallest absolute Gasteiger partial charge is 0.250 e. The highest BCUT2D eigenvalue weighted by Gasteiger charge is 2.16. The van der Waals surface area contributed by atoms with E-state index in [9.17, 15) is 4.79 Å². The number of amides is 1. The standard InChI is InChI=1S/C26H24N2O/c1-19-24(26(27)29)18-25(28(19)17-16-20-8-4-2-5-9-20)23-14-12-22(13-15-23)21-10-6-3-7-11-21/h2-15,18H,16-17H2,1H3,(H2,27,29). The van der Waals surface area contributed by atoms with Crippen LogP contribution in [0.4, 0.5) is 0 Å². The quantitative estimate of drug-likeness (QED) is 0.473. The molecule has 4 aromatic rings. The van der Waals surface area contributed by atoms with Crippen molar-refractivity contribution in [3.8, 4) is 22.4 Å². The van der Waals surface area contributed by atoms with Crippen molar-refractivity contribution >= 4 is 5.91 Å². The summed E-state index contributed by atoms with van der Waals surface area (Å²) in [5.74, 6) is -0.386. The van der Waals surface area contributed by atoms with Crippen LogP contribution in [0, 0.1) is 6.92 Å². The Morgan fingerprint density at radius 1 is 0.793 bits per heavy atom. The van der Waals surface area contributed by atoms with Crippen LogP contribution >= 0.6 is 0 Å². The van der Waals surface area contributed by atoms with Gasteiger partial charge in [-0.15, -0.1) is 0 Å². The van der Waals surface area contributed by atoms with Gasteiger partial charge in [0.25, 0.3) is 5.91 Å². The molecular formula is C26H24N2O. The molecule has 0 atom stereocenters. The summed E-state index contributed by atoms with van der Waals surface area (Å²) in [6.45, 7) is 2.76. The molecule has 3 heteroatoms. The Kier molecular flexibility index (Phi) is 5.30. The Bertz CT molecular complexity index is 1110. The topological polar surface area (TPSA) is 48.0 Å². The second-order valence-electron chi connectivity index (χ2n) is 7.22. The highest BCUT2D eigenvalue weighted by Crippen LogP contribution is 2.29. The van der Waals surface area contributed by atoms with Crippen molar-refractivity contribution < 1.29 is 4.79 Å². The van der Waals surface area contributed by atoms with Gasteiger partial charge in [0.05, 0.1) is 5.56 Å². The Morgan fingerprint density at radius 2 is 1.34 bits per heavy atom. The van der Waals surface area contributed by atoms with Crippen LogP contribution in [0.2, 0.25) is 0 Å². The zero-order valence-corrected chi connectivity index (χ0v) is 16.5. The number of aryl methyl sites for hydroxylation is 1. The molecule has 1 aromatic heterocycles. The van der Waals surface area contributed by atoms with Gasteiger partial charge in [0, 0.05) is 17.9 Å². The fourth-order valence-electron chi connectivity index (χ4n) is 3.77. The summed E-state index contributed by atoms with van der Waals surface area (Å²) in [4.78, 5) is 11.9. The fraction of sp³-hybridized carbons (Fsp3) is 0.115. The first-order valence-electron chi connectivity index (χ1n) is 9.83. The maximum absolute atomic E-state index is 11.9. The number of rotatable bonds is 6. The van der Waals surface area contributed by atoms with Crippen molar-refractivity contribution in [1.82, 2.24) is 4.57 Å². The summed E-state index contributed by atoms with van der Waals surface area (Å²) in [5, 5.41) is 0. The summed E-state index contributed by atoms with van der Waals surface area (Å²) >= 11 is 0. The number of hydrogen-bond donors (Lipinski definition) is 1. The molecule has 0 fully saturated rings. The summed E-state index contributed by atoms with van der Waals surface area (Å²) in [6.07, 6.45) is 0.893. The minimum Gasteiger partial charge on any atom is -0.366 e. The summed E-state index contributed by atoms with van der Waals surface area (Å²) in [5.41, 5.74) is 12.9. The second kappa shape index (κ2) is 8.19. The van der Waals surface area contributed by atoms with Crippen molar-refractivity contribution in [2.45, 2.75) is 19.9 Å². The van der Waals surface area contributed by atoms with Crippen molar-refractivity contribution in [3.05, 3.63) is 108 Å². The number of hydrogen-bond acceptors (Lipinski definition) is 1.